The van der Waals surface area contributed by atoms with E-state index in [-0.39, 0.29) is 0 Å². The van der Waals surface area contributed by atoms with Gasteiger partial charge in [0.25, 0.3) is 0 Å². The molecule has 0 saturated heterocycles. The van der Waals surface area contributed by atoms with Crippen LogP contribution in [0.3, 0.4) is 0 Å². The van der Waals surface area contributed by atoms with Crippen LogP contribution in [0.2, 0.25) is 0 Å². The Hall–Kier alpha value is -0.120. The Morgan fingerprint density at radius 1 is 1.27 bits per heavy atom. The molecule has 3 heteroatoms. The molecule has 1 atom stereocenters. The van der Waals surface area contributed by atoms with Crippen LogP contribution in [0.5, 0.6) is 0 Å². The summed E-state index contributed by atoms with van der Waals surface area (Å²) in [5.74, 6) is 0. The summed E-state index contributed by atoms with van der Waals surface area (Å²) >= 11 is 0. The van der Waals surface area contributed by atoms with Crippen molar-refractivity contribution >= 4 is 0 Å². The molecule has 0 aliphatic heterocycles. The van der Waals surface area contributed by atoms with Crippen LogP contribution in [-0.2, 0) is 4.74 Å². The van der Waals surface area contributed by atoms with E-state index in [1.165, 1.54) is 25.7 Å². The molecule has 1 fully saturated rings. The Labute approximate surface area is 94.2 Å². The zero-order valence-corrected chi connectivity index (χ0v) is 10.6. The summed E-state index contributed by atoms with van der Waals surface area (Å²) in [6.45, 7) is 3.35. The molecule has 0 heterocycles. The first-order chi connectivity index (χ1) is 7.13. The van der Waals surface area contributed by atoms with Crippen molar-refractivity contribution in [1.29, 1.82) is 0 Å². The van der Waals surface area contributed by atoms with Crippen LogP contribution >= 0.6 is 0 Å². The number of hydrogen-bond donors (Lipinski definition) is 1. The maximum atomic E-state index is 5.37. The van der Waals surface area contributed by atoms with Crippen molar-refractivity contribution in [3.63, 3.8) is 0 Å². The molecular weight excluding hydrogens is 188 g/mol. The highest BCUT2D eigenvalue weighted by atomic mass is 16.5. The SMILES string of the molecule is COC1CCC(NCC(C)N(C)C)CC1. The van der Waals surface area contributed by atoms with Crippen LogP contribution in [0.15, 0.2) is 0 Å². The lowest BCUT2D eigenvalue weighted by Gasteiger charge is -2.30. The molecule has 0 amide bonds. The number of nitrogens with one attached hydrogen (secondary N) is 1. The van der Waals surface area contributed by atoms with Crippen molar-refractivity contribution in [2.75, 3.05) is 27.7 Å². The Morgan fingerprint density at radius 2 is 1.87 bits per heavy atom. The van der Waals surface area contributed by atoms with Crippen molar-refractivity contribution in [1.82, 2.24) is 10.2 Å². The third-order valence-corrected chi connectivity index (χ3v) is 3.59. The number of rotatable bonds is 5. The smallest absolute Gasteiger partial charge is 0.0572 e. The van der Waals surface area contributed by atoms with Gasteiger partial charge in [-0.2, -0.15) is 0 Å². The number of ether oxygens (including phenoxy) is 1. The number of nitrogens with zero attached hydrogens (tertiary/aromatic N) is 1. The molecule has 3 nitrogen and oxygen atoms in total. The van der Waals surface area contributed by atoms with E-state index in [2.05, 4.69) is 31.2 Å². The van der Waals surface area contributed by atoms with E-state index >= 15 is 0 Å². The fraction of sp³-hybridized carbons (Fsp3) is 1.00. The highest BCUT2D eigenvalue weighted by molar-refractivity contribution is 4.78. The Bertz CT molecular complexity index is 165. The lowest BCUT2D eigenvalue weighted by molar-refractivity contribution is 0.0619. The number of methoxy groups -OCH3 is 1. The highest BCUT2D eigenvalue weighted by Crippen LogP contribution is 2.20. The van der Waals surface area contributed by atoms with E-state index in [9.17, 15) is 0 Å². The Balaban J connectivity index is 2.13. The fourth-order valence-electron chi connectivity index (χ4n) is 2.02. The van der Waals surface area contributed by atoms with Gasteiger partial charge in [-0.3, -0.25) is 0 Å². The van der Waals surface area contributed by atoms with Gasteiger partial charge in [0, 0.05) is 25.7 Å². The van der Waals surface area contributed by atoms with Crippen LogP contribution in [0.25, 0.3) is 0 Å². The predicted molar refractivity (Wildman–Crippen MR) is 64.2 cm³/mol. The molecule has 1 aliphatic rings. The number of hydrogen-bond acceptors (Lipinski definition) is 3. The second kappa shape index (κ2) is 6.46. The van der Waals surface area contributed by atoms with E-state index in [4.69, 9.17) is 4.74 Å². The van der Waals surface area contributed by atoms with Gasteiger partial charge in [-0.15, -0.1) is 0 Å². The summed E-state index contributed by atoms with van der Waals surface area (Å²) in [6.07, 6.45) is 5.46. The Morgan fingerprint density at radius 3 is 2.33 bits per heavy atom. The standard InChI is InChI=1S/C12H26N2O/c1-10(14(2)3)9-13-11-5-7-12(15-4)8-6-11/h10-13H,5-9H2,1-4H3. The quantitative estimate of drug-likeness (QED) is 0.750. The zero-order chi connectivity index (χ0) is 11.3. The molecule has 0 radical (unpaired) electrons. The molecule has 0 aromatic rings. The minimum Gasteiger partial charge on any atom is -0.381 e. The van der Waals surface area contributed by atoms with Crippen molar-refractivity contribution in [3.05, 3.63) is 0 Å². The topological polar surface area (TPSA) is 24.5 Å². The van der Waals surface area contributed by atoms with Crippen molar-refractivity contribution in [2.45, 2.75) is 50.8 Å². The molecule has 1 rings (SSSR count). The Kier molecular flexibility index (Phi) is 5.58. The van der Waals surface area contributed by atoms with Gasteiger partial charge in [-0.25, -0.2) is 0 Å². The number of likely N-dealkylation sites (N-methyl/N-ethyl adjacent to an activating group) is 1. The monoisotopic (exact) mass is 214 g/mol. The zero-order valence-electron chi connectivity index (χ0n) is 10.6. The lowest BCUT2D eigenvalue weighted by Crippen LogP contribution is -2.42. The van der Waals surface area contributed by atoms with E-state index < -0.39 is 0 Å². The summed E-state index contributed by atoms with van der Waals surface area (Å²) < 4.78 is 5.37. The summed E-state index contributed by atoms with van der Waals surface area (Å²) in [6, 6.07) is 1.32. The minimum absolute atomic E-state index is 0.509. The van der Waals surface area contributed by atoms with Crippen molar-refractivity contribution < 1.29 is 4.74 Å². The van der Waals surface area contributed by atoms with Crippen LogP contribution in [0, 0.1) is 0 Å². The first-order valence-corrected chi connectivity index (χ1v) is 6.06. The second-order valence-corrected chi connectivity index (χ2v) is 4.93. The second-order valence-electron chi connectivity index (χ2n) is 4.93. The minimum atomic E-state index is 0.509. The van der Waals surface area contributed by atoms with Crippen molar-refractivity contribution in [2.24, 2.45) is 0 Å². The molecule has 0 aromatic carbocycles. The third-order valence-electron chi connectivity index (χ3n) is 3.59. The molecule has 1 aliphatic carbocycles. The first kappa shape index (κ1) is 12.9. The molecule has 0 bridgehead atoms. The largest absolute Gasteiger partial charge is 0.381 e. The first-order valence-electron chi connectivity index (χ1n) is 6.06. The van der Waals surface area contributed by atoms with E-state index in [0.717, 1.165) is 6.54 Å². The fourth-order valence-corrected chi connectivity index (χ4v) is 2.02. The van der Waals surface area contributed by atoms with Crippen LogP contribution in [0.4, 0.5) is 0 Å². The van der Waals surface area contributed by atoms with Crippen LogP contribution < -0.4 is 5.32 Å². The van der Waals surface area contributed by atoms with Gasteiger partial charge in [-0.1, -0.05) is 0 Å². The van der Waals surface area contributed by atoms with Gasteiger partial charge in [0.2, 0.25) is 0 Å². The molecule has 0 aromatic heterocycles. The van der Waals surface area contributed by atoms with Gasteiger partial charge in [0.05, 0.1) is 6.10 Å². The molecule has 1 unspecified atom stereocenters. The van der Waals surface area contributed by atoms with E-state index in [0.29, 0.717) is 18.2 Å². The molecule has 1 N–H and O–H groups in total. The highest BCUT2D eigenvalue weighted by Gasteiger charge is 2.20. The van der Waals surface area contributed by atoms with E-state index in [1.807, 2.05) is 7.11 Å². The summed E-state index contributed by atoms with van der Waals surface area (Å²) in [5, 5.41) is 3.65. The molecular formula is C12H26N2O. The average molecular weight is 214 g/mol. The van der Waals surface area contributed by atoms with Crippen LogP contribution in [-0.4, -0.2) is 50.8 Å². The lowest BCUT2D eigenvalue weighted by atomic mass is 9.93. The summed E-state index contributed by atoms with van der Waals surface area (Å²) in [4.78, 5) is 2.26. The van der Waals surface area contributed by atoms with Gasteiger partial charge < -0.3 is 15.0 Å². The maximum Gasteiger partial charge on any atom is 0.0572 e. The predicted octanol–water partition coefficient (Wildman–Crippen LogP) is 1.48. The molecule has 1 saturated carbocycles. The summed E-state index contributed by atoms with van der Waals surface area (Å²) in [7, 11) is 6.09. The average Bonchev–Trinajstić information content (AvgIpc) is 2.26. The van der Waals surface area contributed by atoms with Crippen molar-refractivity contribution in [3.8, 4) is 0 Å². The molecule has 90 valence electrons. The molecule has 15 heavy (non-hydrogen) atoms. The molecule has 0 spiro atoms. The van der Waals surface area contributed by atoms with E-state index in [1.54, 1.807) is 0 Å². The van der Waals surface area contributed by atoms with Crippen LogP contribution in [0.1, 0.15) is 32.6 Å². The van der Waals surface area contributed by atoms with Gasteiger partial charge in [0.1, 0.15) is 0 Å². The summed E-state index contributed by atoms with van der Waals surface area (Å²) in [5.41, 5.74) is 0. The van der Waals surface area contributed by atoms with Gasteiger partial charge in [-0.05, 0) is 46.7 Å². The maximum absolute atomic E-state index is 5.37. The normalized spacial score (nSPS) is 29.4. The third kappa shape index (κ3) is 4.49. The van der Waals surface area contributed by atoms with Gasteiger partial charge in [0.15, 0.2) is 0 Å². The van der Waals surface area contributed by atoms with Gasteiger partial charge >= 0.3 is 0 Å².